The van der Waals surface area contributed by atoms with Crippen LogP contribution in [-0.4, -0.2) is 4.98 Å². The maximum atomic E-state index is 9.13. The minimum atomic E-state index is -0.865. The zero-order valence-corrected chi connectivity index (χ0v) is 21.1. The largest absolute Gasteiger partial charge is 0.455 e. The van der Waals surface area contributed by atoms with Crippen molar-refractivity contribution in [2.24, 2.45) is 0 Å². The quantitative estimate of drug-likeness (QED) is 0.257. The second-order valence-electron chi connectivity index (χ2n) is 9.69. The molecular formula is C34H29NO. The van der Waals surface area contributed by atoms with Crippen molar-refractivity contribution in [3.63, 3.8) is 0 Å². The molecule has 0 bridgehead atoms. The Bertz CT molecular complexity index is 1760. The van der Waals surface area contributed by atoms with Crippen LogP contribution in [0.5, 0.6) is 0 Å². The fraction of sp³-hybridized carbons (Fsp3) is 0.147. The molecule has 0 fully saturated rings. The molecule has 0 radical (unpaired) electrons. The van der Waals surface area contributed by atoms with Crippen LogP contribution < -0.4 is 0 Å². The molecule has 0 amide bonds. The van der Waals surface area contributed by atoms with Crippen LogP contribution in [0.1, 0.15) is 42.0 Å². The molecule has 0 saturated heterocycles. The molecular weight excluding hydrogens is 438 g/mol. The van der Waals surface area contributed by atoms with Gasteiger partial charge in [-0.3, -0.25) is 4.98 Å². The summed E-state index contributed by atoms with van der Waals surface area (Å²) in [6, 6.07) is 31.0. The third kappa shape index (κ3) is 3.79. The third-order valence-corrected chi connectivity index (χ3v) is 7.14. The van der Waals surface area contributed by atoms with E-state index in [0.717, 1.165) is 49.9 Å². The van der Waals surface area contributed by atoms with Gasteiger partial charge in [0, 0.05) is 29.8 Å². The number of hydrogen-bond donors (Lipinski definition) is 0. The Kier molecular flexibility index (Phi) is 5.17. The zero-order valence-electron chi connectivity index (χ0n) is 22.1. The molecule has 6 aromatic rings. The molecule has 2 aromatic heterocycles. The topological polar surface area (TPSA) is 26.0 Å². The second-order valence-corrected chi connectivity index (χ2v) is 9.69. The summed E-state index contributed by atoms with van der Waals surface area (Å²) in [5, 5.41) is 2.05. The normalized spacial score (nSPS) is 13.6. The minimum absolute atomic E-state index is 0.816. The van der Waals surface area contributed by atoms with Gasteiger partial charge in [0.05, 0.1) is 5.69 Å². The lowest BCUT2D eigenvalue weighted by atomic mass is 9.92. The smallest absolute Gasteiger partial charge is 0.144 e. The Balaban J connectivity index is 1.49. The summed E-state index contributed by atoms with van der Waals surface area (Å²) in [7, 11) is 0. The van der Waals surface area contributed by atoms with Crippen LogP contribution >= 0.6 is 0 Å². The number of benzene rings is 4. The highest BCUT2D eigenvalue weighted by atomic mass is 16.3. The molecule has 36 heavy (non-hydrogen) atoms. The van der Waals surface area contributed by atoms with Crippen molar-refractivity contribution >= 4 is 21.9 Å². The number of pyridine rings is 1. The molecule has 1 atom stereocenters. The fourth-order valence-corrected chi connectivity index (χ4v) is 5.46. The lowest BCUT2D eigenvalue weighted by Crippen LogP contribution is -1.95. The average Bonchev–Trinajstić information content (AvgIpc) is 3.27. The lowest BCUT2D eigenvalue weighted by Gasteiger charge is -2.13. The van der Waals surface area contributed by atoms with Crippen LogP contribution in [-0.2, 0) is 0 Å². The van der Waals surface area contributed by atoms with Gasteiger partial charge in [-0.15, -0.1) is 0 Å². The van der Waals surface area contributed by atoms with E-state index in [1.165, 1.54) is 22.3 Å². The molecule has 0 aliphatic heterocycles. The molecule has 0 aliphatic rings. The molecule has 2 heterocycles. The van der Waals surface area contributed by atoms with Gasteiger partial charge >= 0.3 is 0 Å². The van der Waals surface area contributed by atoms with Crippen LogP contribution in [0, 0.1) is 20.8 Å². The van der Waals surface area contributed by atoms with E-state index >= 15 is 0 Å². The van der Waals surface area contributed by atoms with Gasteiger partial charge in [-0.05, 0) is 84.5 Å². The molecule has 6 rings (SSSR count). The van der Waals surface area contributed by atoms with Crippen molar-refractivity contribution in [1.29, 1.82) is 0 Å². The van der Waals surface area contributed by atoms with Gasteiger partial charge in [-0.25, -0.2) is 0 Å². The average molecular weight is 469 g/mol. The van der Waals surface area contributed by atoms with Crippen molar-refractivity contribution in [3.8, 4) is 22.4 Å². The van der Waals surface area contributed by atoms with Crippen molar-refractivity contribution < 1.29 is 5.79 Å². The summed E-state index contributed by atoms with van der Waals surface area (Å²) in [6.07, 6.45) is 1.88. The van der Waals surface area contributed by atoms with Crippen molar-refractivity contribution in [1.82, 2.24) is 4.98 Å². The molecule has 2 nitrogen and oxygen atoms in total. The van der Waals surface area contributed by atoms with Gasteiger partial charge in [0.1, 0.15) is 11.2 Å². The summed E-state index contributed by atoms with van der Waals surface area (Å²) in [4.78, 5) is 4.74. The number of para-hydroxylation sites is 1. The van der Waals surface area contributed by atoms with Gasteiger partial charge in [0.25, 0.3) is 0 Å². The van der Waals surface area contributed by atoms with Gasteiger partial charge in [-0.2, -0.15) is 0 Å². The number of aryl methyl sites for hydroxylation is 3. The van der Waals surface area contributed by atoms with Gasteiger partial charge in [0.15, 0.2) is 0 Å². The first kappa shape index (κ1) is 21.1. The lowest BCUT2D eigenvalue weighted by molar-refractivity contribution is 0.669. The Labute approximate surface area is 213 Å². The molecule has 0 saturated carbocycles. The zero-order chi connectivity index (χ0) is 25.7. The molecule has 0 N–H and O–H groups in total. The third-order valence-electron chi connectivity index (χ3n) is 7.14. The maximum absolute atomic E-state index is 9.13. The highest BCUT2D eigenvalue weighted by Crippen LogP contribution is 2.38. The van der Waals surface area contributed by atoms with E-state index in [1.54, 1.807) is 0 Å². The van der Waals surface area contributed by atoms with Crippen molar-refractivity contribution in [2.75, 3.05) is 0 Å². The predicted octanol–water partition coefficient (Wildman–Crippen LogP) is 9.39. The van der Waals surface area contributed by atoms with Crippen molar-refractivity contribution in [2.45, 2.75) is 33.6 Å². The fourth-order valence-electron chi connectivity index (χ4n) is 5.46. The number of hydrogen-bond acceptors (Lipinski definition) is 2. The van der Waals surface area contributed by atoms with E-state index in [1.807, 2.05) is 55.6 Å². The van der Waals surface area contributed by atoms with Crippen LogP contribution in [0.4, 0.5) is 0 Å². The van der Waals surface area contributed by atoms with E-state index in [4.69, 9.17) is 10.8 Å². The molecule has 176 valence electrons. The summed E-state index contributed by atoms with van der Waals surface area (Å²) < 4.78 is 15.6. The monoisotopic (exact) mass is 468 g/mol. The van der Waals surface area contributed by atoms with E-state index in [-0.39, 0.29) is 0 Å². The second kappa shape index (κ2) is 8.80. The van der Waals surface area contributed by atoms with E-state index in [0.29, 0.717) is 0 Å². The first-order valence-electron chi connectivity index (χ1n) is 12.9. The SMILES string of the molecule is [2H]C(C)(c1ccccc1)c1ccc2oc3c(-c4cc(-c5c(C)cc(C)cc5C)ccn4)cccc3c2c1. The van der Waals surface area contributed by atoms with Crippen LogP contribution in [0.3, 0.4) is 0 Å². The Morgan fingerprint density at radius 3 is 2.31 bits per heavy atom. The van der Waals surface area contributed by atoms with Crippen LogP contribution in [0.15, 0.2) is 102 Å². The summed E-state index contributed by atoms with van der Waals surface area (Å²) in [5.41, 5.74) is 11.6. The van der Waals surface area contributed by atoms with Crippen LogP contribution in [0.25, 0.3) is 44.3 Å². The molecule has 2 heteroatoms. The number of aromatic nitrogens is 1. The van der Waals surface area contributed by atoms with Gasteiger partial charge < -0.3 is 4.42 Å². The Morgan fingerprint density at radius 2 is 1.53 bits per heavy atom. The van der Waals surface area contributed by atoms with Gasteiger partial charge in [0.2, 0.25) is 0 Å². The summed E-state index contributed by atoms with van der Waals surface area (Å²) in [5.74, 6) is -0.865. The first-order chi connectivity index (χ1) is 17.8. The number of furan rings is 1. The number of fused-ring (bicyclic) bond motifs is 3. The molecule has 4 aromatic carbocycles. The van der Waals surface area contributed by atoms with E-state index in [9.17, 15) is 0 Å². The standard InChI is InChI=1S/C34H29NO/c1-21-17-22(2)33(23(3)18-21)27-15-16-35-31(20-27)29-12-8-11-28-30-19-26(13-14-32(30)36-34(28)29)24(4)25-9-6-5-7-10-25/h5-20,24H,1-4H3/i24D. The Morgan fingerprint density at radius 1 is 0.750 bits per heavy atom. The highest BCUT2D eigenvalue weighted by molar-refractivity contribution is 6.09. The molecule has 1 unspecified atom stereocenters. The Hall–Kier alpha value is -4.17. The predicted molar refractivity (Wildman–Crippen MR) is 151 cm³/mol. The van der Waals surface area contributed by atoms with E-state index < -0.39 is 5.89 Å². The van der Waals surface area contributed by atoms with E-state index in [2.05, 4.69) is 69.3 Å². The molecule has 0 spiro atoms. The van der Waals surface area contributed by atoms with Crippen molar-refractivity contribution in [3.05, 3.63) is 125 Å². The molecule has 0 aliphatic carbocycles. The summed E-state index contributed by atoms with van der Waals surface area (Å²) >= 11 is 0. The highest BCUT2D eigenvalue weighted by Gasteiger charge is 2.16. The summed E-state index contributed by atoms with van der Waals surface area (Å²) in [6.45, 7) is 8.42. The maximum Gasteiger partial charge on any atom is 0.144 e. The first-order valence-corrected chi connectivity index (χ1v) is 12.4. The van der Waals surface area contributed by atoms with Gasteiger partial charge in [-0.1, -0.05) is 73.2 Å². The van der Waals surface area contributed by atoms with Crippen LogP contribution in [0.2, 0.25) is 0 Å². The minimum Gasteiger partial charge on any atom is -0.455 e. The number of rotatable bonds is 4. The number of nitrogens with zero attached hydrogens (tertiary/aromatic N) is 1.